The van der Waals surface area contributed by atoms with Gasteiger partial charge >= 0.3 is 5.97 Å². The van der Waals surface area contributed by atoms with Crippen molar-refractivity contribution in [2.75, 3.05) is 42.3 Å². The fourth-order valence-electron chi connectivity index (χ4n) is 2.87. The van der Waals surface area contributed by atoms with Crippen LogP contribution >= 0.6 is 0 Å². The van der Waals surface area contributed by atoms with Crippen LogP contribution in [0.2, 0.25) is 0 Å². The molecule has 0 unspecified atom stereocenters. The van der Waals surface area contributed by atoms with Crippen LogP contribution in [0.4, 0.5) is 0 Å². The molecule has 0 spiro atoms. The highest BCUT2D eigenvalue weighted by atomic mass is 16.7. The van der Waals surface area contributed by atoms with E-state index in [1.165, 1.54) is 0 Å². The molecule has 0 atom stereocenters. The summed E-state index contributed by atoms with van der Waals surface area (Å²) in [7, 11) is 12.5. The van der Waals surface area contributed by atoms with Gasteiger partial charge in [-0.25, -0.2) is 4.79 Å². The lowest BCUT2D eigenvalue weighted by Gasteiger charge is -2.42. The average Bonchev–Trinajstić information content (AvgIpc) is 2.57. The molecule has 1 heterocycles. The van der Waals surface area contributed by atoms with E-state index in [0.717, 1.165) is 0 Å². The number of rotatable bonds is 6. The summed E-state index contributed by atoms with van der Waals surface area (Å²) in [6, 6.07) is 0. The summed E-state index contributed by atoms with van der Waals surface area (Å²) in [5, 5.41) is 0.606. The molecule has 0 aromatic heterocycles. The number of hydrogen-bond acceptors (Lipinski definition) is 4. The predicted octanol–water partition coefficient (Wildman–Crippen LogP) is 0.112. The minimum Gasteiger partial charge on any atom is -0.330 e. The fraction of sp³-hybridized carbons (Fsp3) is 0.786. The largest absolute Gasteiger partial charge is 0.333 e. The van der Waals surface area contributed by atoms with E-state index in [-0.39, 0.29) is 25.4 Å². The molecule has 0 bridgehead atoms. The first kappa shape index (κ1) is 17.6. The van der Waals surface area contributed by atoms with Gasteiger partial charge in [0.25, 0.3) is 11.8 Å². The zero-order valence-corrected chi connectivity index (χ0v) is 13.9. The van der Waals surface area contributed by atoms with Crippen LogP contribution in [-0.2, 0) is 19.2 Å². The van der Waals surface area contributed by atoms with Crippen molar-refractivity contribution < 1.29 is 28.2 Å². The van der Waals surface area contributed by atoms with Crippen LogP contribution in [0.5, 0.6) is 0 Å². The quantitative estimate of drug-likeness (QED) is 0.397. The van der Waals surface area contributed by atoms with Crippen molar-refractivity contribution in [2.24, 2.45) is 0 Å². The third kappa shape index (κ3) is 4.78. The van der Waals surface area contributed by atoms with Gasteiger partial charge in [-0.2, -0.15) is 0 Å². The van der Waals surface area contributed by atoms with E-state index in [1.807, 2.05) is 0 Å². The van der Waals surface area contributed by atoms with Crippen LogP contribution in [0.25, 0.3) is 0 Å². The van der Waals surface area contributed by atoms with Gasteiger partial charge in [0.05, 0.1) is 55.1 Å². The highest BCUT2D eigenvalue weighted by molar-refractivity contribution is 6.01. The Hall–Kier alpha value is -1.47. The number of hydrogen-bond donors (Lipinski definition) is 0. The second-order valence-corrected chi connectivity index (χ2v) is 7.30. The molecule has 1 fully saturated rings. The number of amides is 2. The molecule has 0 saturated carbocycles. The minimum absolute atomic E-state index is 0.118. The van der Waals surface area contributed by atoms with E-state index in [4.69, 9.17) is 4.84 Å². The Bertz CT molecular complexity index is 404. The van der Waals surface area contributed by atoms with Gasteiger partial charge in [0, 0.05) is 12.8 Å². The first-order chi connectivity index (χ1) is 9.43. The van der Waals surface area contributed by atoms with Gasteiger partial charge in [0.2, 0.25) is 6.17 Å². The molecule has 21 heavy (non-hydrogen) atoms. The van der Waals surface area contributed by atoms with Crippen LogP contribution in [-0.4, -0.2) is 80.3 Å². The van der Waals surface area contributed by atoms with E-state index in [1.54, 1.807) is 0 Å². The normalized spacial score (nSPS) is 16.8. The first-order valence-corrected chi connectivity index (χ1v) is 7.11. The highest BCUT2D eigenvalue weighted by Crippen LogP contribution is 2.19. The summed E-state index contributed by atoms with van der Waals surface area (Å²) in [5.41, 5.74) is 0. The Kier molecular flexibility index (Phi) is 5.11. The molecule has 1 aliphatic rings. The Morgan fingerprint density at radius 2 is 1.48 bits per heavy atom. The van der Waals surface area contributed by atoms with Gasteiger partial charge in [0.15, 0.2) is 0 Å². The Morgan fingerprint density at radius 1 is 1.05 bits per heavy atom. The SMILES string of the molecule is C[N+](C)(C)C(CCC(=O)ON1C(=O)CCC1=O)[N+](C)(C)C. The lowest BCUT2D eigenvalue weighted by molar-refractivity contribution is -1.09. The van der Waals surface area contributed by atoms with Crippen LogP contribution < -0.4 is 0 Å². The number of imide groups is 1. The van der Waals surface area contributed by atoms with E-state index < -0.39 is 17.8 Å². The Labute approximate surface area is 126 Å². The predicted molar refractivity (Wildman–Crippen MR) is 76.3 cm³/mol. The molecule has 1 rings (SSSR count). The van der Waals surface area contributed by atoms with Gasteiger partial charge in [-0.3, -0.25) is 18.6 Å². The molecule has 120 valence electrons. The average molecular weight is 301 g/mol. The summed E-state index contributed by atoms with van der Waals surface area (Å²) >= 11 is 0. The molecule has 0 N–H and O–H groups in total. The molecule has 1 aliphatic heterocycles. The maximum absolute atomic E-state index is 11.9. The number of nitrogens with zero attached hydrogens (tertiary/aromatic N) is 3. The molecule has 0 aromatic rings. The standard InChI is InChI=1S/C14H27N3O4/c1-16(2,3)13(17(4,5)6)9-10-14(20)21-15-11(18)7-8-12(15)19/h13H,7-10H2,1-6H3/q+2. The summed E-state index contributed by atoms with van der Waals surface area (Å²) in [6.07, 6.45) is 1.22. The van der Waals surface area contributed by atoms with Crippen molar-refractivity contribution in [2.45, 2.75) is 31.8 Å². The van der Waals surface area contributed by atoms with Gasteiger partial charge in [-0.05, 0) is 0 Å². The lowest BCUT2D eigenvalue weighted by atomic mass is 10.2. The zero-order chi connectivity index (χ0) is 16.4. The lowest BCUT2D eigenvalue weighted by Crippen LogP contribution is -2.61. The third-order valence-electron chi connectivity index (χ3n) is 3.59. The second-order valence-electron chi connectivity index (χ2n) is 7.30. The molecule has 0 radical (unpaired) electrons. The van der Waals surface area contributed by atoms with Gasteiger partial charge in [-0.15, -0.1) is 5.06 Å². The molecule has 7 nitrogen and oxygen atoms in total. The maximum Gasteiger partial charge on any atom is 0.333 e. The molecular formula is C14H27N3O4+2. The monoisotopic (exact) mass is 301 g/mol. The van der Waals surface area contributed by atoms with Crippen molar-refractivity contribution in [3.63, 3.8) is 0 Å². The van der Waals surface area contributed by atoms with Gasteiger partial charge < -0.3 is 4.84 Å². The summed E-state index contributed by atoms with van der Waals surface area (Å²) in [5.74, 6) is -1.42. The number of carbonyl (C=O) groups is 3. The van der Waals surface area contributed by atoms with Crippen molar-refractivity contribution in [3.8, 4) is 0 Å². The summed E-state index contributed by atoms with van der Waals surface area (Å²) < 4.78 is 1.41. The minimum atomic E-state index is -0.537. The second kappa shape index (κ2) is 6.11. The number of hydroxylamine groups is 2. The third-order valence-corrected chi connectivity index (χ3v) is 3.59. The van der Waals surface area contributed by atoms with Crippen LogP contribution in [0.1, 0.15) is 25.7 Å². The van der Waals surface area contributed by atoms with Gasteiger partial charge in [-0.1, -0.05) is 0 Å². The van der Waals surface area contributed by atoms with Crippen molar-refractivity contribution in [3.05, 3.63) is 0 Å². The smallest absolute Gasteiger partial charge is 0.330 e. The Morgan fingerprint density at radius 3 is 1.86 bits per heavy atom. The fourth-order valence-corrected chi connectivity index (χ4v) is 2.87. The van der Waals surface area contributed by atoms with E-state index in [2.05, 4.69) is 42.3 Å². The summed E-state index contributed by atoms with van der Waals surface area (Å²) in [6.45, 7) is 0. The molecule has 1 saturated heterocycles. The van der Waals surface area contributed by atoms with E-state index in [0.29, 0.717) is 20.5 Å². The molecule has 0 aliphatic carbocycles. The molecule has 0 aromatic carbocycles. The molecule has 2 amide bonds. The van der Waals surface area contributed by atoms with E-state index >= 15 is 0 Å². The Balaban J connectivity index is 2.59. The van der Waals surface area contributed by atoms with Crippen LogP contribution in [0, 0.1) is 0 Å². The maximum atomic E-state index is 11.9. The van der Waals surface area contributed by atoms with Gasteiger partial charge in [0.1, 0.15) is 0 Å². The molecular weight excluding hydrogens is 274 g/mol. The van der Waals surface area contributed by atoms with Crippen LogP contribution in [0.3, 0.4) is 0 Å². The summed E-state index contributed by atoms with van der Waals surface area (Å²) in [4.78, 5) is 39.6. The first-order valence-electron chi connectivity index (χ1n) is 7.11. The van der Waals surface area contributed by atoms with Crippen LogP contribution in [0.15, 0.2) is 0 Å². The topological polar surface area (TPSA) is 63.7 Å². The molecule has 7 heteroatoms. The number of carbonyl (C=O) groups excluding carboxylic acids is 3. The highest BCUT2D eigenvalue weighted by Gasteiger charge is 2.37. The number of quaternary nitrogens is 2. The van der Waals surface area contributed by atoms with Crippen molar-refractivity contribution >= 4 is 17.8 Å². The van der Waals surface area contributed by atoms with E-state index in [9.17, 15) is 14.4 Å². The van der Waals surface area contributed by atoms with Crippen molar-refractivity contribution in [1.29, 1.82) is 0 Å². The van der Waals surface area contributed by atoms with Crippen molar-refractivity contribution in [1.82, 2.24) is 5.06 Å². The zero-order valence-electron chi connectivity index (χ0n) is 13.9.